The quantitative estimate of drug-likeness (QED) is 0.525. The predicted octanol–water partition coefficient (Wildman–Crippen LogP) is 3.32. The van der Waals surface area contributed by atoms with Crippen LogP contribution in [0.4, 0.5) is 4.79 Å². The Hall–Kier alpha value is -2.28. The fourth-order valence-electron chi connectivity index (χ4n) is 2.25. The maximum atomic E-state index is 12.5. The molecule has 1 aromatic carbocycles. The van der Waals surface area contributed by atoms with Crippen molar-refractivity contribution in [3.05, 3.63) is 29.8 Å². The second-order valence-corrected chi connectivity index (χ2v) is 7.27. The summed E-state index contributed by atoms with van der Waals surface area (Å²) >= 11 is 0. The van der Waals surface area contributed by atoms with Crippen LogP contribution in [0, 0.1) is 0 Å². The van der Waals surface area contributed by atoms with Crippen molar-refractivity contribution in [1.82, 2.24) is 10.4 Å². The minimum absolute atomic E-state index is 0.307. The number of nitrogens with one attached hydrogen (secondary N) is 1. The van der Waals surface area contributed by atoms with Crippen molar-refractivity contribution in [2.24, 2.45) is 0 Å². The summed E-state index contributed by atoms with van der Waals surface area (Å²) in [7, 11) is 2.89. The van der Waals surface area contributed by atoms with E-state index in [1.165, 1.54) is 14.2 Å². The van der Waals surface area contributed by atoms with Gasteiger partial charge >= 0.3 is 6.09 Å². The van der Waals surface area contributed by atoms with Crippen molar-refractivity contribution >= 4 is 12.0 Å². The summed E-state index contributed by atoms with van der Waals surface area (Å²) in [5, 5.41) is 3.72. The van der Waals surface area contributed by atoms with Crippen molar-refractivity contribution < 1.29 is 23.9 Å². The molecule has 7 nitrogen and oxygen atoms in total. The third-order valence-corrected chi connectivity index (χ3v) is 3.70. The van der Waals surface area contributed by atoms with Gasteiger partial charge in [-0.3, -0.25) is 9.63 Å². The molecule has 0 fully saturated rings. The molecule has 0 aliphatic carbocycles. The molecule has 152 valence electrons. The lowest BCUT2D eigenvalue weighted by molar-refractivity contribution is -0.171. The Labute approximate surface area is 161 Å². The summed E-state index contributed by atoms with van der Waals surface area (Å²) in [6, 6.07) is 6.67. The summed E-state index contributed by atoms with van der Waals surface area (Å²) in [5.74, 6) is 0.413. The molecule has 0 bridgehead atoms. The number of hydrogen-bond donors (Lipinski definition) is 1. The molecule has 0 aliphatic rings. The Morgan fingerprint density at radius 1 is 1.19 bits per heavy atom. The van der Waals surface area contributed by atoms with E-state index in [0.29, 0.717) is 13.0 Å². The first-order chi connectivity index (χ1) is 12.7. The zero-order valence-electron chi connectivity index (χ0n) is 17.2. The van der Waals surface area contributed by atoms with E-state index in [9.17, 15) is 9.59 Å². The number of likely N-dealkylation sites (N-methyl/N-ethyl adjacent to an activating group) is 1. The zero-order valence-corrected chi connectivity index (χ0v) is 17.2. The van der Waals surface area contributed by atoms with Crippen LogP contribution in [0.25, 0.3) is 0 Å². The lowest BCUT2D eigenvalue weighted by Crippen LogP contribution is -2.49. The summed E-state index contributed by atoms with van der Waals surface area (Å²) in [4.78, 5) is 29.6. The third kappa shape index (κ3) is 8.77. The van der Waals surface area contributed by atoms with Crippen LogP contribution in [0.15, 0.2) is 24.3 Å². The van der Waals surface area contributed by atoms with Gasteiger partial charge in [-0.25, -0.2) is 9.86 Å². The van der Waals surface area contributed by atoms with E-state index in [2.05, 4.69) is 12.2 Å². The van der Waals surface area contributed by atoms with Gasteiger partial charge in [0.05, 0.1) is 13.7 Å². The largest absolute Gasteiger partial charge is 0.494 e. The van der Waals surface area contributed by atoms with E-state index in [4.69, 9.17) is 14.3 Å². The molecule has 1 N–H and O–H groups in total. The number of unbranched alkanes of at least 4 members (excludes halogenated alkanes) is 1. The van der Waals surface area contributed by atoms with E-state index in [-0.39, 0.29) is 5.91 Å². The monoisotopic (exact) mass is 380 g/mol. The van der Waals surface area contributed by atoms with E-state index in [1.807, 2.05) is 24.3 Å². The van der Waals surface area contributed by atoms with Crippen molar-refractivity contribution in [1.29, 1.82) is 0 Å². The number of carbonyl (C=O) groups is 2. The molecule has 0 radical (unpaired) electrons. The van der Waals surface area contributed by atoms with E-state index in [0.717, 1.165) is 29.2 Å². The molecule has 1 rings (SSSR count). The van der Waals surface area contributed by atoms with Gasteiger partial charge < -0.3 is 14.8 Å². The highest BCUT2D eigenvalue weighted by atomic mass is 16.7. The molecule has 27 heavy (non-hydrogen) atoms. The van der Waals surface area contributed by atoms with Gasteiger partial charge in [-0.15, -0.1) is 0 Å². The lowest BCUT2D eigenvalue weighted by atomic mass is 10.1. The summed E-state index contributed by atoms with van der Waals surface area (Å²) in [6.07, 6.45) is 1.73. The second-order valence-electron chi connectivity index (χ2n) is 7.27. The molecular formula is C20H32N2O5. The van der Waals surface area contributed by atoms with Gasteiger partial charge in [0.1, 0.15) is 17.4 Å². The van der Waals surface area contributed by atoms with Crippen LogP contribution in [0.3, 0.4) is 0 Å². The molecule has 1 aromatic rings. The van der Waals surface area contributed by atoms with Crippen molar-refractivity contribution in [3.8, 4) is 5.75 Å². The highest BCUT2D eigenvalue weighted by Gasteiger charge is 2.27. The first kappa shape index (κ1) is 22.8. The highest BCUT2D eigenvalue weighted by molar-refractivity contribution is 5.85. The first-order valence-electron chi connectivity index (χ1n) is 9.19. The minimum atomic E-state index is -0.809. The SMILES string of the molecule is CCCCOc1ccc(C[C@H](NC(=O)OC(C)(C)C)C(=O)N(C)OC)cc1. The normalized spacial score (nSPS) is 12.2. The number of rotatable bonds is 9. The van der Waals surface area contributed by atoms with E-state index >= 15 is 0 Å². The van der Waals surface area contributed by atoms with Crippen LogP contribution in [-0.4, -0.2) is 49.5 Å². The Morgan fingerprint density at radius 3 is 2.33 bits per heavy atom. The predicted molar refractivity (Wildman–Crippen MR) is 103 cm³/mol. The van der Waals surface area contributed by atoms with Crippen LogP contribution in [-0.2, 0) is 20.8 Å². The first-order valence-corrected chi connectivity index (χ1v) is 9.19. The van der Waals surface area contributed by atoms with Gasteiger partial charge in [0, 0.05) is 13.5 Å². The molecule has 0 aliphatic heterocycles. The Morgan fingerprint density at radius 2 is 1.81 bits per heavy atom. The molecule has 0 saturated carbocycles. The maximum Gasteiger partial charge on any atom is 0.408 e. The number of hydroxylamine groups is 2. The molecule has 1 atom stereocenters. The second kappa shape index (κ2) is 10.8. The van der Waals surface area contributed by atoms with Gasteiger partial charge in [0.25, 0.3) is 5.91 Å². The fraction of sp³-hybridized carbons (Fsp3) is 0.600. The number of benzene rings is 1. The van der Waals surface area contributed by atoms with Crippen LogP contribution in [0.5, 0.6) is 5.75 Å². The third-order valence-electron chi connectivity index (χ3n) is 3.70. The van der Waals surface area contributed by atoms with E-state index in [1.54, 1.807) is 20.8 Å². The summed E-state index contributed by atoms with van der Waals surface area (Å²) in [5.41, 5.74) is 0.235. The van der Waals surface area contributed by atoms with Crippen molar-refractivity contribution in [2.75, 3.05) is 20.8 Å². The molecule has 2 amide bonds. The zero-order chi connectivity index (χ0) is 20.4. The molecule has 7 heteroatoms. The van der Waals surface area contributed by atoms with Gasteiger partial charge in [-0.1, -0.05) is 25.5 Å². The van der Waals surface area contributed by atoms with Crippen LogP contribution in [0.1, 0.15) is 46.1 Å². The van der Waals surface area contributed by atoms with Gasteiger partial charge in [-0.2, -0.15) is 0 Å². The fourth-order valence-corrected chi connectivity index (χ4v) is 2.25. The number of amides is 2. The number of ether oxygens (including phenoxy) is 2. The molecular weight excluding hydrogens is 348 g/mol. The topological polar surface area (TPSA) is 77.1 Å². The molecule has 0 spiro atoms. The van der Waals surface area contributed by atoms with Crippen LogP contribution < -0.4 is 10.1 Å². The Kier molecular flexibility index (Phi) is 9.08. The number of alkyl carbamates (subject to hydrolysis) is 1. The van der Waals surface area contributed by atoms with Crippen LogP contribution >= 0.6 is 0 Å². The van der Waals surface area contributed by atoms with E-state index < -0.39 is 17.7 Å². The number of carbonyl (C=O) groups excluding carboxylic acids is 2. The molecule has 0 saturated heterocycles. The Balaban J connectivity index is 2.81. The van der Waals surface area contributed by atoms with Gasteiger partial charge in [0.15, 0.2) is 0 Å². The Bertz CT molecular complexity index is 595. The molecule has 0 unspecified atom stereocenters. The maximum absolute atomic E-state index is 12.5. The smallest absolute Gasteiger partial charge is 0.408 e. The average molecular weight is 380 g/mol. The average Bonchev–Trinajstić information content (AvgIpc) is 2.60. The number of nitrogens with zero attached hydrogens (tertiary/aromatic N) is 1. The minimum Gasteiger partial charge on any atom is -0.494 e. The molecule has 0 aromatic heterocycles. The summed E-state index contributed by atoms with van der Waals surface area (Å²) < 4.78 is 10.9. The molecule has 0 heterocycles. The lowest BCUT2D eigenvalue weighted by Gasteiger charge is -2.25. The highest BCUT2D eigenvalue weighted by Crippen LogP contribution is 2.15. The number of hydrogen-bond acceptors (Lipinski definition) is 5. The van der Waals surface area contributed by atoms with Gasteiger partial charge in [0.2, 0.25) is 0 Å². The van der Waals surface area contributed by atoms with Crippen LogP contribution in [0.2, 0.25) is 0 Å². The van der Waals surface area contributed by atoms with Crippen molar-refractivity contribution in [2.45, 2.75) is 58.6 Å². The summed E-state index contributed by atoms with van der Waals surface area (Å²) in [6.45, 7) is 8.08. The standard InChI is InChI=1S/C20H32N2O5/c1-7-8-13-26-16-11-9-15(10-12-16)14-17(18(23)22(5)25-6)21-19(24)27-20(2,3)4/h9-12,17H,7-8,13-14H2,1-6H3,(H,21,24)/t17-/m0/s1. The van der Waals surface area contributed by atoms with Gasteiger partial charge in [-0.05, 0) is 44.9 Å². The van der Waals surface area contributed by atoms with Crippen molar-refractivity contribution in [3.63, 3.8) is 0 Å².